The van der Waals surface area contributed by atoms with Gasteiger partial charge in [-0.25, -0.2) is 0 Å². The van der Waals surface area contributed by atoms with E-state index in [1.807, 2.05) is 52.0 Å². The Morgan fingerprint density at radius 1 is 1.07 bits per heavy atom. The van der Waals surface area contributed by atoms with Gasteiger partial charge in [-0.1, -0.05) is 66.0 Å². The largest absolute Gasteiger partial charge is 0.352 e. The predicted molar refractivity (Wildman–Crippen MR) is 119 cm³/mol. The van der Waals surface area contributed by atoms with Gasteiger partial charge in [-0.2, -0.15) is 0 Å². The highest BCUT2D eigenvalue weighted by Gasteiger charge is 2.29. The molecule has 2 amide bonds. The Labute approximate surface area is 183 Å². The SMILES string of the molecule is CCC(C(=O)NC(C)C)N(Cc1ccc(Cl)cc1Cl)C(=O)Cc1ccc(C)cc1. The van der Waals surface area contributed by atoms with Gasteiger partial charge in [-0.05, 0) is 50.5 Å². The average molecular weight is 435 g/mol. The maximum absolute atomic E-state index is 13.2. The van der Waals surface area contributed by atoms with Crippen LogP contribution in [0.1, 0.15) is 43.9 Å². The first-order valence-corrected chi connectivity index (χ1v) is 10.6. The molecule has 1 N–H and O–H groups in total. The van der Waals surface area contributed by atoms with Crippen LogP contribution < -0.4 is 5.32 Å². The van der Waals surface area contributed by atoms with Crippen molar-refractivity contribution in [3.63, 3.8) is 0 Å². The second-order valence-electron chi connectivity index (χ2n) is 7.51. The number of nitrogens with one attached hydrogen (secondary N) is 1. The summed E-state index contributed by atoms with van der Waals surface area (Å²) in [5.41, 5.74) is 2.80. The van der Waals surface area contributed by atoms with Crippen LogP contribution in [0.4, 0.5) is 0 Å². The summed E-state index contributed by atoms with van der Waals surface area (Å²) in [6.45, 7) is 7.95. The molecule has 6 heteroatoms. The number of halogens is 2. The maximum Gasteiger partial charge on any atom is 0.243 e. The lowest BCUT2D eigenvalue weighted by Gasteiger charge is -2.31. The fourth-order valence-corrected chi connectivity index (χ4v) is 3.58. The molecule has 2 aromatic rings. The highest BCUT2D eigenvalue weighted by atomic mass is 35.5. The summed E-state index contributed by atoms with van der Waals surface area (Å²) in [5, 5.41) is 3.93. The van der Waals surface area contributed by atoms with Crippen molar-refractivity contribution in [2.24, 2.45) is 0 Å². The summed E-state index contributed by atoms with van der Waals surface area (Å²) in [6, 6.07) is 12.4. The topological polar surface area (TPSA) is 49.4 Å². The van der Waals surface area contributed by atoms with Gasteiger partial charge in [-0.3, -0.25) is 9.59 Å². The number of carbonyl (C=O) groups excluding carboxylic acids is 2. The first kappa shape index (κ1) is 23.2. The van der Waals surface area contributed by atoms with Crippen LogP contribution in [0.15, 0.2) is 42.5 Å². The van der Waals surface area contributed by atoms with Gasteiger partial charge in [0.2, 0.25) is 11.8 Å². The summed E-state index contributed by atoms with van der Waals surface area (Å²) in [7, 11) is 0. The van der Waals surface area contributed by atoms with Crippen molar-refractivity contribution in [3.05, 3.63) is 69.2 Å². The van der Waals surface area contributed by atoms with Crippen molar-refractivity contribution in [2.75, 3.05) is 0 Å². The summed E-state index contributed by atoms with van der Waals surface area (Å²) < 4.78 is 0. The fourth-order valence-electron chi connectivity index (χ4n) is 3.12. The summed E-state index contributed by atoms with van der Waals surface area (Å²) in [5.74, 6) is -0.282. The normalized spacial score (nSPS) is 12.0. The van der Waals surface area contributed by atoms with Crippen LogP contribution in [-0.4, -0.2) is 28.8 Å². The Hall–Kier alpha value is -2.04. The lowest BCUT2D eigenvalue weighted by Crippen LogP contribution is -2.50. The Morgan fingerprint density at radius 3 is 2.28 bits per heavy atom. The van der Waals surface area contributed by atoms with Crippen LogP contribution in [-0.2, 0) is 22.6 Å². The maximum atomic E-state index is 13.2. The number of nitrogens with zero attached hydrogens (tertiary/aromatic N) is 1. The van der Waals surface area contributed by atoms with Crippen molar-refractivity contribution < 1.29 is 9.59 Å². The van der Waals surface area contributed by atoms with E-state index in [0.717, 1.165) is 16.7 Å². The Morgan fingerprint density at radius 2 is 1.72 bits per heavy atom. The van der Waals surface area contributed by atoms with Crippen molar-refractivity contribution in [3.8, 4) is 0 Å². The van der Waals surface area contributed by atoms with Crippen LogP contribution in [0.25, 0.3) is 0 Å². The number of hydrogen-bond acceptors (Lipinski definition) is 2. The van der Waals surface area contributed by atoms with Crippen molar-refractivity contribution in [2.45, 2.75) is 59.2 Å². The number of benzene rings is 2. The highest BCUT2D eigenvalue weighted by molar-refractivity contribution is 6.35. The molecule has 156 valence electrons. The van der Waals surface area contributed by atoms with E-state index < -0.39 is 6.04 Å². The number of aryl methyl sites for hydroxylation is 1. The number of hydrogen-bond donors (Lipinski definition) is 1. The molecule has 0 fully saturated rings. The zero-order chi connectivity index (χ0) is 21.6. The smallest absolute Gasteiger partial charge is 0.243 e. The van der Waals surface area contributed by atoms with Crippen molar-refractivity contribution >= 4 is 35.0 Å². The first-order valence-electron chi connectivity index (χ1n) is 9.80. The molecule has 2 aromatic carbocycles. The molecule has 0 spiro atoms. The zero-order valence-corrected chi connectivity index (χ0v) is 18.8. The van der Waals surface area contributed by atoms with Gasteiger partial charge in [0, 0.05) is 22.6 Å². The third-order valence-corrected chi connectivity index (χ3v) is 5.24. The number of carbonyl (C=O) groups is 2. The third-order valence-electron chi connectivity index (χ3n) is 4.65. The summed E-state index contributed by atoms with van der Waals surface area (Å²) >= 11 is 12.3. The van der Waals surface area contributed by atoms with Crippen LogP contribution >= 0.6 is 23.2 Å². The molecular formula is C23H28Cl2N2O2. The molecule has 0 aliphatic carbocycles. The van der Waals surface area contributed by atoms with Gasteiger partial charge in [0.05, 0.1) is 6.42 Å². The van der Waals surface area contributed by atoms with Crippen LogP contribution in [0.2, 0.25) is 10.0 Å². The minimum Gasteiger partial charge on any atom is -0.352 e. The van der Waals surface area contributed by atoms with Gasteiger partial charge in [0.1, 0.15) is 6.04 Å². The van der Waals surface area contributed by atoms with E-state index in [2.05, 4.69) is 5.32 Å². The second kappa shape index (κ2) is 10.7. The predicted octanol–water partition coefficient (Wildman–Crippen LogP) is 5.18. The molecular weight excluding hydrogens is 407 g/mol. The lowest BCUT2D eigenvalue weighted by molar-refractivity contribution is -0.141. The first-order chi connectivity index (χ1) is 13.7. The molecule has 2 rings (SSSR count). The zero-order valence-electron chi connectivity index (χ0n) is 17.3. The molecule has 0 aliphatic rings. The molecule has 0 saturated carbocycles. The Bertz CT molecular complexity index is 850. The van der Waals surface area contributed by atoms with Crippen LogP contribution in [0.3, 0.4) is 0 Å². The van der Waals surface area contributed by atoms with E-state index in [9.17, 15) is 9.59 Å². The minimum absolute atomic E-state index is 0.00952. The van der Waals surface area contributed by atoms with E-state index in [1.54, 1.807) is 23.1 Å². The Kier molecular flexibility index (Phi) is 8.54. The Balaban J connectivity index is 2.33. The molecule has 0 heterocycles. The van der Waals surface area contributed by atoms with E-state index in [0.29, 0.717) is 16.5 Å². The molecule has 4 nitrogen and oxygen atoms in total. The van der Waals surface area contributed by atoms with E-state index in [1.165, 1.54) is 0 Å². The lowest BCUT2D eigenvalue weighted by atomic mass is 10.1. The molecule has 0 radical (unpaired) electrons. The molecule has 0 bridgehead atoms. The number of amides is 2. The van der Waals surface area contributed by atoms with Gasteiger partial charge in [0.25, 0.3) is 0 Å². The molecule has 29 heavy (non-hydrogen) atoms. The van der Waals surface area contributed by atoms with Crippen molar-refractivity contribution in [1.29, 1.82) is 0 Å². The molecule has 0 saturated heterocycles. The van der Waals surface area contributed by atoms with Crippen molar-refractivity contribution in [1.82, 2.24) is 10.2 Å². The van der Waals surface area contributed by atoms with Crippen LogP contribution in [0.5, 0.6) is 0 Å². The molecule has 0 aromatic heterocycles. The number of rotatable bonds is 8. The van der Waals surface area contributed by atoms with Gasteiger partial charge in [0.15, 0.2) is 0 Å². The quantitative estimate of drug-likeness (QED) is 0.622. The average Bonchev–Trinajstić information content (AvgIpc) is 2.64. The van der Waals surface area contributed by atoms with E-state index in [4.69, 9.17) is 23.2 Å². The molecule has 1 unspecified atom stereocenters. The van der Waals surface area contributed by atoms with Gasteiger partial charge >= 0.3 is 0 Å². The fraction of sp³-hybridized carbons (Fsp3) is 0.391. The standard InChI is InChI=1S/C23H28Cl2N2O2/c1-5-21(23(29)26-15(2)3)27(14-18-10-11-19(24)13-20(18)25)22(28)12-17-8-6-16(4)7-9-17/h6-11,13,15,21H,5,12,14H2,1-4H3,(H,26,29). The van der Waals surface area contributed by atoms with Crippen LogP contribution in [0, 0.1) is 6.92 Å². The van der Waals surface area contributed by atoms with E-state index >= 15 is 0 Å². The van der Waals surface area contributed by atoms with Gasteiger partial charge < -0.3 is 10.2 Å². The second-order valence-corrected chi connectivity index (χ2v) is 8.35. The van der Waals surface area contributed by atoms with Gasteiger partial charge in [-0.15, -0.1) is 0 Å². The summed E-state index contributed by atoms with van der Waals surface area (Å²) in [4.78, 5) is 27.7. The third kappa shape index (κ3) is 6.76. The van der Waals surface area contributed by atoms with E-state index in [-0.39, 0.29) is 30.8 Å². The molecule has 1 atom stereocenters. The monoisotopic (exact) mass is 434 g/mol. The highest BCUT2D eigenvalue weighted by Crippen LogP contribution is 2.24. The summed E-state index contributed by atoms with van der Waals surface area (Å²) in [6.07, 6.45) is 0.723. The molecule has 0 aliphatic heterocycles. The minimum atomic E-state index is -0.581.